The average molecular weight is 373 g/mol. The van der Waals surface area contributed by atoms with Crippen LogP contribution in [0, 0.1) is 0 Å². The zero-order chi connectivity index (χ0) is 19.1. The van der Waals surface area contributed by atoms with Crippen molar-refractivity contribution in [1.29, 1.82) is 0 Å². The van der Waals surface area contributed by atoms with Gasteiger partial charge < -0.3 is 18.9 Å². The quantitative estimate of drug-likeness (QED) is 0.282. The van der Waals surface area contributed by atoms with Gasteiger partial charge in [-0.15, -0.1) is 0 Å². The lowest BCUT2D eigenvalue weighted by Gasteiger charge is -2.22. The molecule has 0 aromatic carbocycles. The number of unbranched alkanes of at least 4 members (excludes halogenated alkanes) is 9. The average Bonchev–Trinajstić information content (AvgIpc) is 2.96. The van der Waals surface area contributed by atoms with Gasteiger partial charge in [0.15, 0.2) is 5.79 Å². The maximum Gasteiger partial charge on any atom is 0.311 e. The Kier molecular flexibility index (Phi) is 13.0. The van der Waals surface area contributed by atoms with Gasteiger partial charge in [0.2, 0.25) is 0 Å². The molecule has 1 aliphatic heterocycles. The Balaban J connectivity index is 1.92. The van der Waals surface area contributed by atoms with Crippen LogP contribution in [-0.4, -0.2) is 44.3 Å². The fourth-order valence-corrected chi connectivity index (χ4v) is 3.25. The first-order valence-electron chi connectivity index (χ1n) is 10.6. The number of esters is 1. The minimum atomic E-state index is -0.878. The highest BCUT2D eigenvalue weighted by Crippen LogP contribution is 2.27. The zero-order valence-corrected chi connectivity index (χ0v) is 17.2. The highest BCUT2D eigenvalue weighted by Gasteiger charge is 2.39. The van der Waals surface area contributed by atoms with Crippen molar-refractivity contribution in [3.63, 3.8) is 0 Å². The predicted molar refractivity (Wildman–Crippen MR) is 103 cm³/mol. The lowest BCUT2D eigenvalue weighted by Crippen LogP contribution is -2.31. The summed E-state index contributed by atoms with van der Waals surface area (Å²) in [4.78, 5) is 11.6. The molecule has 0 saturated carbocycles. The molecule has 0 amide bonds. The summed E-state index contributed by atoms with van der Waals surface area (Å²) in [5.41, 5.74) is 0. The van der Waals surface area contributed by atoms with E-state index in [1.807, 2.05) is 0 Å². The number of rotatable bonds is 16. The molecule has 0 aromatic heterocycles. The zero-order valence-electron chi connectivity index (χ0n) is 17.2. The van der Waals surface area contributed by atoms with Gasteiger partial charge in [-0.2, -0.15) is 0 Å². The second kappa shape index (κ2) is 14.4. The second-order valence-corrected chi connectivity index (χ2v) is 7.42. The van der Waals surface area contributed by atoms with E-state index in [4.69, 9.17) is 18.9 Å². The van der Waals surface area contributed by atoms with Gasteiger partial charge in [-0.25, -0.2) is 0 Å². The van der Waals surface area contributed by atoms with Crippen LogP contribution in [0.2, 0.25) is 0 Å². The van der Waals surface area contributed by atoms with Crippen LogP contribution in [-0.2, 0) is 23.7 Å². The van der Waals surface area contributed by atoms with E-state index >= 15 is 0 Å². The third-order valence-electron chi connectivity index (χ3n) is 4.71. The standard InChI is InChI=1S/C21H40O5/c1-4-6-7-8-9-10-11-12-13-14-15-23-17-19-18-25-21(3,26-19)16-20(22)24-5-2/h19H,4-18H2,1-3H3. The molecular weight excluding hydrogens is 332 g/mol. The van der Waals surface area contributed by atoms with E-state index in [0.717, 1.165) is 13.0 Å². The van der Waals surface area contributed by atoms with Crippen LogP contribution in [0.25, 0.3) is 0 Å². The molecule has 1 rings (SSSR count). The van der Waals surface area contributed by atoms with Crippen LogP contribution < -0.4 is 0 Å². The van der Waals surface area contributed by atoms with Gasteiger partial charge in [0.05, 0.1) is 26.2 Å². The number of carbonyl (C=O) groups is 1. The third kappa shape index (κ3) is 11.1. The first-order chi connectivity index (χ1) is 12.6. The van der Waals surface area contributed by atoms with E-state index in [1.165, 1.54) is 57.8 Å². The van der Waals surface area contributed by atoms with Crippen molar-refractivity contribution >= 4 is 5.97 Å². The summed E-state index contributed by atoms with van der Waals surface area (Å²) in [6, 6.07) is 0. The number of ether oxygens (including phenoxy) is 4. The Labute approximate surface area is 160 Å². The molecule has 0 aliphatic carbocycles. The molecule has 5 heteroatoms. The maximum absolute atomic E-state index is 11.6. The molecule has 0 aromatic rings. The van der Waals surface area contributed by atoms with Gasteiger partial charge in [0, 0.05) is 6.61 Å². The topological polar surface area (TPSA) is 54.0 Å². The van der Waals surface area contributed by atoms with Gasteiger partial charge >= 0.3 is 5.97 Å². The van der Waals surface area contributed by atoms with Crippen molar-refractivity contribution in [3.8, 4) is 0 Å². The van der Waals surface area contributed by atoms with Crippen LogP contribution in [0.15, 0.2) is 0 Å². The van der Waals surface area contributed by atoms with Crippen LogP contribution >= 0.6 is 0 Å². The summed E-state index contributed by atoms with van der Waals surface area (Å²) in [6.45, 7) is 7.97. The van der Waals surface area contributed by atoms with Crippen molar-refractivity contribution in [1.82, 2.24) is 0 Å². The molecule has 26 heavy (non-hydrogen) atoms. The number of hydrogen-bond acceptors (Lipinski definition) is 5. The highest BCUT2D eigenvalue weighted by atomic mass is 16.8. The van der Waals surface area contributed by atoms with E-state index in [1.54, 1.807) is 13.8 Å². The molecule has 1 saturated heterocycles. The second-order valence-electron chi connectivity index (χ2n) is 7.42. The molecule has 0 radical (unpaired) electrons. The van der Waals surface area contributed by atoms with Crippen LogP contribution in [0.5, 0.6) is 0 Å². The Hall–Kier alpha value is -0.650. The van der Waals surface area contributed by atoms with Crippen molar-refractivity contribution in [2.75, 3.05) is 26.4 Å². The predicted octanol–water partition coefficient (Wildman–Crippen LogP) is 5.01. The molecule has 154 valence electrons. The van der Waals surface area contributed by atoms with Gasteiger partial charge in [-0.1, -0.05) is 64.7 Å². The minimum Gasteiger partial charge on any atom is -0.466 e. The lowest BCUT2D eigenvalue weighted by atomic mass is 10.1. The summed E-state index contributed by atoms with van der Waals surface area (Å²) in [6.07, 6.45) is 13.3. The smallest absolute Gasteiger partial charge is 0.311 e. The van der Waals surface area contributed by atoms with Gasteiger partial charge in [0.25, 0.3) is 0 Å². The molecule has 0 spiro atoms. The fourth-order valence-electron chi connectivity index (χ4n) is 3.25. The molecule has 0 bridgehead atoms. The molecule has 1 fully saturated rings. The largest absolute Gasteiger partial charge is 0.466 e. The molecule has 1 heterocycles. The maximum atomic E-state index is 11.6. The molecule has 2 atom stereocenters. The lowest BCUT2D eigenvalue weighted by molar-refractivity contribution is -0.182. The highest BCUT2D eigenvalue weighted by molar-refractivity contribution is 5.70. The first-order valence-corrected chi connectivity index (χ1v) is 10.6. The first kappa shape index (κ1) is 23.4. The minimum absolute atomic E-state index is 0.0995. The summed E-state index contributed by atoms with van der Waals surface area (Å²) < 4.78 is 22.1. The van der Waals surface area contributed by atoms with E-state index in [9.17, 15) is 4.79 Å². The summed E-state index contributed by atoms with van der Waals surface area (Å²) in [5.74, 6) is -1.17. The van der Waals surface area contributed by atoms with Gasteiger partial charge in [-0.05, 0) is 20.3 Å². The van der Waals surface area contributed by atoms with Crippen molar-refractivity contribution in [2.45, 2.75) is 103 Å². The summed E-state index contributed by atoms with van der Waals surface area (Å²) in [7, 11) is 0. The van der Waals surface area contributed by atoms with E-state index in [-0.39, 0.29) is 18.5 Å². The molecule has 0 N–H and O–H groups in total. The molecule has 1 aliphatic rings. The third-order valence-corrected chi connectivity index (χ3v) is 4.71. The monoisotopic (exact) mass is 372 g/mol. The van der Waals surface area contributed by atoms with Crippen LogP contribution in [0.3, 0.4) is 0 Å². The molecule has 5 nitrogen and oxygen atoms in total. The Morgan fingerprint density at radius 1 is 1.00 bits per heavy atom. The summed E-state index contributed by atoms with van der Waals surface area (Å²) in [5, 5.41) is 0. The number of hydrogen-bond donors (Lipinski definition) is 0. The summed E-state index contributed by atoms with van der Waals surface area (Å²) >= 11 is 0. The van der Waals surface area contributed by atoms with Crippen LogP contribution in [0.1, 0.15) is 91.4 Å². The number of carbonyl (C=O) groups excluding carboxylic acids is 1. The molecule has 2 unspecified atom stereocenters. The fraction of sp³-hybridized carbons (Fsp3) is 0.952. The van der Waals surface area contributed by atoms with E-state index < -0.39 is 5.79 Å². The van der Waals surface area contributed by atoms with Gasteiger partial charge in [-0.3, -0.25) is 4.79 Å². The Morgan fingerprint density at radius 2 is 1.62 bits per heavy atom. The van der Waals surface area contributed by atoms with Crippen molar-refractivity contribution in [3.05, 3.63) is 0 Å². The van der Waals surface area contributed by atoms with Gasteiger partial charge in [0.1, 0.15) is 6.10 Å². The SMILES string of the molecule is CCCCCCCCCCCCOCC1COC(C)(CC(=O)OCC)O1. The van der Waals surface area contributed by atoms with Crippen molar-refractivity contribution in [2.24, 2.45) is 0 Å². The normalized spacial score (nSPS) is 22.7. The Morgan fingerprint density at radius 3 is 2.23 bits per heavy atom. The molecular formula is C21H40O5. The Bertz CT molecular complexity index is 360. The van der Waals surface area contributed by atoms with E-state index in [0.29, 0.717) is 19.8 Å². The van der Waals surface area contributed by atoms with Crippen LogP contribution in [0.4, 0.5) is 0 Å². The van der Waals surface area contributed by atoms with E-state index in [2.05, 4.69) is 6.92 Å². The van der Waals surface area contributed by atoms with Crippen molar-refractivity contribution < 1.29 is 23.7 Å².